The summed E-state index contributed by atoms with van der Waals surface area (Å²) in [5.74, 6) is 0.448. The molecule has 29 heavy (non-hydrogen) atoms. The maximum absolute atomic E-state index is 12.1. The number of para-hydroxylation sites is 1. The van der Waals surface area contributed by atoms with Crippen LogP contribution < -0.4 is 5.32 Å². The Bertz CT molecular complexity index is 1160. The predicted octanol–water partition coefficient (Wildman–Crippen LogP) is 4.07. The van der Waals surface area contributed by atoms with Crippen molar-refractivity contribution in [2.45, 2.75) is 18.1 Å². The third kappa shape index (κ3) is 4.99. The van der Waals surface area contributed by atoms with E-state index in [1.54, 1.807) is 35.6 Å². The summed E-state index contributed by atoms with van der Waals surface area (Å²) in [5, 5.41) is 21.1. The van der Waals surface area contributed by atoms with Crippen LogP contribution in [0.5, 0.6) is 0 Å². The van der Waals surface area contributed by atoms with Gasteiger partial charge in [0, 0.05) is 18.5 Å². The lowest BCUT2D eigenvalue weighted by atomic mass is 10.2. The Labute approximate surface area is 174 Å². The molecule has 0 bridgehead atoms. The Morgan fingerprint density at radius 2 is 2.07 bits per heavy atom. The molecule has 2 aromatic carbocycles. The van der Waals surface area contributed by atoms with Gasteiger partial charge in [0.2, 0.25) is 11.8 Å². The molecule has 4 aromatic rings. The largest absolute Gasteiger partial charge is 0.416 e. The highest BCUT2D eigenvalue weighted by Gasteiger charge is 2.11. The summed E-state index contributed by atoms with van der Waals surface area (Å²) in [6, 6.07) is 16.8. The number of hydrogen-bond donors (Lipinski definition) is 1. The normalized spacial score (nSPS) is 10.7. The minimum absolute atomic E-state index is 0.135. The fourth-order valence-electron chi connectivity index (χ4n) is 2.63. The number of amides is 1. The zero-order valence-corrected chi connectivity index (χ0v) is 16.8. The molecule has 0 aliphatic carbocycles. The Hall–Kier alpha value is -3.22. The second-order valence-corrected chi connectivity index (χ2v) is 8.11. The number of aromatic nitrogens is 3. The van der Waals surface area contributed by atoms with Gasteiger partial charge in [-0.3, -0.25) is 4.79 Å². The molecule has 0 saturated heterocycles. The third-order valence-electron chi connectivity index (χ3n) is 3.94. The van der Waals surface area contributed by atoms with Crippen molar-refractivity contribution in [1.82, 2.24) is 15.2 Å². The van der Waals surface area contributed by atoms with Gasteiger partial charge in [0.25, 0.3) is 5.22 Å². The van der Waals surface area contributed by atoms with E-state index in [2.05, 4.69) is 26.6 Å². The van der Waals surface area contributed by atoms with Crippen molar-refractivity contribution in [1.29, 1.82) is 5.26 Å². The van der Waals surface area contributed by atoms with E-state index >= 15 is 0 Å². The van der Waals surface area contributed by atoms with Gasteiger partial charge < -0.3 is 9.73 Å². The molecule has 144 valence electrons. The van der Waals surface area contributed by atoms with Gasteiger partial charge >= 0.3 is 0 Å². The van der Waals surface area contributed by atoms with Crippen molar-refractivity contribution in [2.24, 2.45) is 0 Å². The van der Waals surface area contributed by atoms with Gasteiger partial charge in [-0.1, -0.05) is 30.0 Å². The average molecular weight is 422 g/mol. The zero-order valence-electron chi connectivity index (χ0n) is 15.2. The molecule has 1 N–H and O–H groups in total. The monoisotopic (exact) mass is 421 g/mol. The van der Waals surface area contributed by atoms with Crippen molar-refractivity contribution >= 4 is 44.9 Å². The third-order valence-corrected chi connectivity index (χ3v) is 5.86. The number of thioether (sulfide) groups is 1. The first kappa shape index (κ1) is 19.1. The molecule has 0 aliphatic heterocycles. The van der Waals surface area contributed by atoms with Crippen LogP contribution in [0.2, 0.25) is 0 Å². The minimum Gasteiger partial charge on any atom is -0.416 e. The molecule has 0 aliphatic rings. The lowest BCUT2D eigenvalue weighted by molar-refractivity contribution is -0.113. The van der Waals surface area contributed by atoms with Gasteiger partial charge in [0.05, 0.1) is 32.6 Å². The number of carbonyl (C=O) groups excluding carboxylic acids is 1. The van der Waals surface area contributed by atoms with Crippen LogP contribution in [0.25, 0.3) is 10.2 Å². The molecule has 7 nitrogen and oxygen atoms in total. The van der Waals surface area contributed by atoms with Crippen LogP contribution >= 0.6 is 23.1 Å². The van der Waals surface area contributed by atoms with Crippen LogP contribution in [0.15, 0.2) is 58.2 Å². The van der Waals surface area contributed by atoms with Crippen molar-refractivity contribution in [3.63, 3.8) is 0 Å². The molecule has 0 atom stereocenters. The van der Waals surface area contributed by atoms with E-state index in [1.165, 1.54) is 11.8 Å². The number of fused-ring (bicyclic) bond motifs is 1. The molecule has 0 spiro atoms. The quantitative estimate of drug-likeness (QED) is 0.449. The number of nitriles is 1. The lowest BCUT2D eigenvalue weighted by Crippen LogP contribution is -2.14. The molecule has 2 aromatic heterocycles. The van der Waals surface area contributed by atoms with Crippen LogP contribution in [0, 0.1) is 11.3 Å². The van der Waals surface area contributed by atoms with E-state index in [9.17, 15) is 4.79 Å². The topological polar surface area (TPSA) is 105 Å². The van der Waals surface area contributed by atoms with Crippen LogP contribution in [0.4, 0.5) is 5.69 Å². The summed E-state index contributed by atoms with van der Waals surface area (Å²) in [6.07, 6.45) is 1.32. The molecule has 9 heteroatoms. The van der Waals surface area contributed by atoms with Gasteiger partial charge in [0.1, 0.15) is 0 Å². The SMILES string of the molecule is N#Cc1cccc(NC(=O)CSc2nnc(CCc3nc4ccccc4s3)o2)c1. The van der Waals surface area contributed by atoms with E-state index in [0.717, 1.165) is 21.6 Å². The van der Waals surface area contributed by atoms with Gasteiger partial charge in [-0.05, 0) is 30.3 Å². The first-order valence-electron chi connectivity index (χ1n) is 8.79. The highest BCUT2D eigenvalue weighted by Crippen LogP contribution is 2.23. The van der Waals surface area contributed by atoms with Crippen LogP contribution in [0.1, 0.15) is 16.5 Å². The summed E-state index contributed by atoms with van der Waals surface area (Å²) in [6.45, 7) is 0. The van der Waals surface area contributed by atoms with Gasteiger partial charge in [-0.15, -0.1) is 21.5 Å². The number of nitrogens with zero attached hydrogens (tertiary/aromatic N) is 4. The highest BCUT2D eigenvalue weighted by molar-refractivity contribution is 7.99. The van der Waals surface area contributed by atoms with Crippen molar-refractivity contribution in [3.8, 4) is 6.07 Å². The van der Waals surface area contributed by atoms with Gasteiger partial charge in [-0.25, -0.2) is 4.98 Å². The number of anilines is 1. The van der Waals surface area contributed by atoms with Gasteiger partial charge in [-0.2, -0.15) is 5.26 Å². The van der Waals surface area contributed by atoms with Crippen molar-refractivity contribution in [2.75, 3.05) is 11.1 Å². The average Bonchev–Trinajstić information content (AvgIpc) is 3.37. The van der Waals surface area contributed by atoms with Crippen molar-refractivity contribution in [3.05, 3.63) is 65.0 Å². The number of aryl methyl sites for hydroxylation is 2. The molecular formula is C20H15N5O2S2. The molecule has 2 heterocycles. The molecule has 0 unspecified atom stereocenters. The summed E-state index contributed by atoms with van der Waals surface area (Å²) >= 11 is 2.84. The summed E-state index contributed by atoms with van der Waals surface area (Å²) in [4.78, 5) is 16.7. The highest BCUT2D eigenvalue weighted by atomic mass is 32.2. The summed E-state index contributed by atoms with van der Waals surface area (Å²) < 4.78 is 6.77. The predicted molar refractivity (Wildman–Crippen MR) is 112 cm³/mol. The van der Waals surface area contributed by atoms with E-state index in [1.807, 2.05) is 24.3 Å². The van der Waals surface area contributed by atoms with E-state index < -0.39 is 0 Å². The van der Waals surface area contributed by atoms with Crippen LogP contribution in [-0.2, 0) is 17.6 Å². The fraction of sp³-hybridized carbons (Fsp3) is 0.150. The number of hydrogen-bond acceptors (Lipinski definition) is 8. The Morgan fingerprint density at radius 1 is 1.17 bits per heavy atom. The van der Waals surface area contributed by atoms with Crippen LogP contribution in [-0.4, -0.2) is 26.8 Å². The second kappa shape index (κ2) is 8.86. The molecule has 1 amide bonds. The standard InChI is InChI=1S/C20H15N5O2S2/c21-11-13-4-3-5-14(10-13)22-17(26)12-28-20-25-24-18(27-20)8-9-19-23-15-6-1-2-7-16(15)29-19/h1-7,10H,8-9,12H2,(H,22,26). The first-order valence-corrected chi connectivity index (χ1v) is 10.6. The van der Waals surface area contributed by atoms with Gasteiger partial charge in [0.15, 0.2) is 0 Å². The minimum atomic E-state index is -0.209. The number of rotatable bonds is 7. The lowest BCUT2D eigenvalue weighted by Gasteiger charge is -2.03. The maximum Gasteiger partial charge on any atom is 0.277 e. The maximum atomic E-state index is 12.1. The van der Waals surface area contributed by atoms with E-state index in [0.29, 0.717) is 28.8 Å². The fourth-order valence-corrected chi connectivity index (χ4v) is 4.18. The first-order chi connectivity index (χ1) is 14.2. The second-order valence-electron chi connectivity index (χ2n) is 6.07. The Morgan fingerprint density at radius 3 is 2.93 bits per heavy atom. The molecule has 0 saturated carbocycles. The van der Waals surface area contributed by atoms with Crippen LogP contribution in [0.3, 0.4) is 0 Å². The van der Waals surface area contributed by atoms with E-state index in [4.69, 9.17) is 9.68 Å². The summed E-state index contributed by atoms with van der Waals surface area (Å²) in [5.41, 5.74) is 2.07. The number of carbonyl (C=O) groups is 1. The number of thiazole rings is 1. The Kier molecular flexibility index (Phi) is 5.84. The van der Waals surface area contributed by atoms with E-state index in [-0.39, 0.29) is 11.7 Å². The molecule has 0 radical (unpaired) electrons. The zero-order chi connectivity index (χ0) is 20.1. The smallest absolute Gasteiger partial charge is 0.277 e. The molecule has 4 rings (SSSR count). The molecule has 0 fully saturated rings. The van der Waals surface area contributed by atoms with Crippen molar-refractivity contribution < 1.29 is 9.21 Å². The summed E-state index contributed by atoms with van der Waals surface area (Å²) in [7, 11) is 0. The molecular weight excluding hydrogens is 406 g/mol. The Balaban J connectivity index is 1.27. The number of benzene rings is 2. The number of nitrogens with one attached hydrogen (secondary N) is 1.